The van der Waals surface area contributed by atoms with Gasteiger partial charge in [-0.3, -0.25) is 4.92 Å². The van der Waals surface area contributed by atoms with Crippen LogP contribution in [0.3, 0.4) is 0 Å². The van der Waals surface area contributed by atoms with Crippen LogP contribution >= 0.6 is 0 Å². The van der Waals surface area contributed by atoms with Crippen LogP contribution in [0.25, 0.3) is 10.9 Å². The van der Waals surface area contributed by atoms with Crippen molar-refractivity contribution >= 4 is 35.4 Å². The van der Waals surface area contributed by atoms with E-state index in [9.17, 15) is 5.02 Å². The van der Waals surface area contributed by atoms with Gasteiger partial charge in [0.1, 0.15) is 5.82 Å². The molecule has 0 amide bonds. The Bertz CT molecular complexity index is 850. The molecular weight excluding hydrogens is 261 g/mol. The minimum atomic E-state index is -0.820. The molecule has 0 radical (unpaired) electrons. The van der Waals surface area contributed by atoms with E-state index in [1.54, 1.807) is 6.21 Å². The summed E-state index contributed by atoms with van der Waals surface area (Å²) in [7, 11) is -0.820. The summed E-state index contributed by atoms with van der Waals surface area (Å²) in [4.78, 5) is 6.11. The van der Waals surface area contributed by atoms with Crippen LogP contribution in [0.15, 0.2) is 65.8 Å². The fourth-order valence-corrected chi connectivity index (χ4v) is 2.55. The van der Waals surface area contributed by atoms with Crippen LogP contribution in [-0.4, -0.2) is 23.3 Å². The molecule has 0 saturated carbocycles. The molecule has 0 spiro atoms. The molecular formula is C16H12BN3O. The Kier molecular flexibility index (Phi) is 2.72. The fourth-order valence-electron chi connectivity index (χ4n) is 2.55. The van der Waals surface area contributed by atoms with Crippen LogP contribution < -0.4 is 10.4 Å². The molecule has 0 atom stereocenters. The van der Waals surface area contributed by atoms with Crippen molar-refractivity contribution in [3.8, 4) is 0 Å². The molecule has 0 fully saturated rings. The van der Waals surface area contributed by atoms with E-state index in [0.717, 1.165) is 21.9 Å². The summed E-state index contributed by atoms with van der Waals surface area (Å²) in [6.07, 6.45) is 1.75. The van der Waals surface area contributed by atoms with Crippen LogP contribution in [0.5, 0.6) is 0 Å². The Morgan fingerprint density at radius 3 is 2.67 bits per heavy atom. The van der Waals surface area contributed by atoms with Crippen LogP contribution in [0.1, 0.15) is 5.56 Å². The molecule has 1 aromatic heterocycles. The molecule has 3 aromatic rings. The third kappa shape index (κ3) is 1.99. The number of anilines is 1. The van der Waals surface area contributed by atoms with Gasteiger partial charge in [0, 0.05) is 5.39 Å². The van der Waals surface area contributed by atoms with Crippen molar-refractivity contribution in [1.29, 1.82) is 0 Å². The monoisotopic (exact) mass is 273 g/mol. The standard InChI is InChI=1S/C16H12BN3O/c21-17-14-7-3-1-6-13(14)11-18-20(17)16-10-9-12-5-2-4-8-15(12)19-16/h1-11,21H. The van der Waals surface area contributed by atoms with Crippen molar-refractivity contribution < 1.29 is 5.02 Å². The summed E-state index contributed by atoms with van der Waals surface area (Å²) in [5.41, 5.74) is 2.65. The summed E-state index contributed by atoms with van der Waals surface area (Å²) >= 11 is 0. The highest BCUT2D eigenvalue weighted by Gasteiger charge is 2.30. The van der Waals surface area contributed by atoms with E-state index in [2.05, 4.69) is 10.1 Å². The van der Waals surface area contributed by atoms with Gasteiger partial charge in [-0.2, -0.15) is 5.10 Å². The van der Waals surface area contributed by atoms with E-state index in [0.29, 0.717) is 5.82 Å². The Morgan fingerprint density at radius 1 is 0.905 bits per heavy atom. The van der Waals surface area contributed by atoms with E-state index in [1.165, 1.54) is 4.92 Å². The first-order valence-electron chi connectivity index (χ1n) is 6.79. The van der Waals surface area contributed by atoms with Gasteiger partial charge in [-0.1, -0.05) is 42.5 Å². The predicted molar refractivity (Wildman–Crippen MR) is 85.9 cm³/mol. The van der Waals surface area contributed by atoms with Gasteiger partial charge in [0.2, 0.25) is 0 Å². The van der Waals surface area contributed by atoms with Crippen molar-refractivity contribution in [3.05, 3.63) is 66.2 Å². The highest BCUT2D eigenvalue weighted by atomic mass is 16.2. The number of hydrazone groups is 1. The predicted octanol–water partition coefficient (Wildman–Crippen LogP) is 1.78. The normalized spacial score (nSPS) is 13.6. The number of hydrogen-bond acceptors (Lipinski definition) is 4. The Hall–Kier alpha value is -2.66. The van der Waals surface area contributed by atoms with Crippen LogP contribution in [0.4, 0.5) is 5.82 Å². The first-order chi connectivity index (χ1) is 10.3. The second kappa shape index (κ2) is 4.72. The van der Waals surface area contributed by atoms with Gasteiger partial charge < -0.3 is 5.02 Å². The Labute approximate surface area is 122 Å². The maximum Gasteiger partial charge on any atom is 0.473 e. The lowest BCUT2D eigenvalue weighted by Crippen LogP contribution is -2.50. The molecule has 2 aromatic carbocycles. The van der Waals surface area contributed by atoms with Gasteiger partial charge in [-0.15, -0.1) is 0 Å². The molecule has 100 valence electrons. The van der Waals surface area contributed by atoms with Gasteiger partial charge in [0.25, 0.3) is 0 Å². The smallest absolute Gasteiger partial charge is 0.427 e. The van der Waals surface area contributed by atoms with Crippen molar-refractivity contribution in [3.63, 3.8) is 0 Å². The third-order valence-corrected chi connectivity index (χ3v) is 3.65. The topological polar surface area (TPSA) is 48.7 Å². The lowest BCUT2D eigenvalue weighted by molar-refractivity contribution is 0.577. The summed E-state index contributed by atoms with van der Waals surface area (Å²) in [6.45, 7) is 0. The van der Waals surface area contributed by atoms with Crippen molar-refractivity contribution in [2.75, 3.05) is 4.92 Å². The minimum Gasteiger partial charge on any atom is -0.427 e. The zero-order chi connectivity index (χ0) is 14.2. The number of aromatic nitrogens is 1. The number of pyridine rings is 1. The fraction of sp³-hybridized carbons (Fsp3) is 0. The number of rotatable bonds is 1. The first-order valence-corrected chi connectivity index (χ1v) is 6.79. The third-order valence-electron chi connectivity index (χ3n) is 3.65. The molecule has 5 heteroatoms. The summed E-state index contributed by atoms with van der Waals surface area (Å²) in [5, 5.41) is 15.9. The maximum absolute atomic E-state index is 10.5. The number of para-hydroxylation sites is 1. The van der Waals surface area contributed by atoms with E-state index in [-0.39, 0.29) is 0 Å². The molecule has 1 aliphatic heterocycles. The minimum absolute atomic E-state index is 0.631. The highest BCUT2D eigenvalue weighted by Crippen LogP contribution is 2.20. The quantitative estimate of drug-likeness (QED) is 0.687. The van der Waals surface area contributed by atoms with E-state index in [1.807, 2.05) is 60.7 Å². The highest BCUT2D eigenvalue weighted by molar-refractivity contribution is 6.71. The SMILES string of the molecule is OB1c2ccccc2C=NN1c1ccc2ccccc2n1. The lowest BCUT2D eigenvalue weighted by Gasteiger charge is -2.25. The average molecular weight is 273 g/mol. The van der Waals surface area contributed by atoms with E-state index in [4.69, 9.17) is 0 Å². The second-order valence-electron chi connectivity index (χ2n) is 4.95. The Balaban J connectivity index is 1.79. The van der Waals surface area contributed by atoms with Gasteiger partial charge in [0.05, 0.1) is 11.7 Å². The van der Waals surface area contributed by atoms with Crippen LogP contribution in [0, 0.1) is 0 Å². The molecule has 2 heterocycles. The summed E-state index contributed by atoms with van der Waals surface area (Å²) < 4.78 is 0. The number of nitrogens with zero attached hydrogens (tertiary/aromatic N) is 3. The molecule has 4 rings (SSSR count). The number of hydrogen-bond donors (Lipinski definition) is 1. The van der Waals surface area contributed by atoms with Crippen molar-refractivity contribution in [1.82, 2.24) is 4.98 Å². The summed E-state index contributed by atoms with van der Waals surface area (Å²) in [5.74, 6) is 0.631. The average Bonchev–Trinajstić information content (AvgIpc) is 2.55. The molecule has 4 nitrogen and oxygen atoms in total. The zero-order valence-corrected chi connectivity index (χ0v) is 11.2. The Morgan fingerprint density at radius 2 is 1.71 bits per heavy atom. The van der Waals surface area contributed by atoms with Gasteiger partial charge in [-0.05, 0) is 29.2 Å². The number of fused-ring (bicyclic) bond motifs is 2. The first kappa shape index (κ1) is 12.1. The van der Waals surface area contributed by atoms with Crippen LogP contribution in [0.2, 0.25) is 0 Å². The van der Waals surface area contributed by atoms with E-state index >= 15 is 0 Å². The molecule has 1 N–H and O–H groups in total. The molecule has 0 unspecified atom stereocenters. The van der Waals surface area contributed by atoms with Gasteiger partial charge >= 0.3 is 7.05 Å². The molecule has 1 aliphatic rings. The van der Waals surface area contributed by atoms with Crippen molar-refractivity contribution in [2.45, 2.75) is 0 Å². The molecule has 21 heavy (non-hydrogen) atoms. The van der Waals surface area contributed by atoms with Gasteiger partial charge in [-0.25, -0.2) is 4.98 Å². The second-order valence-corrected chi connectivity index (χ2v) is 4.95. The van der Waals surface area contributed by atoms with Gasteiger partial charge in [0.15, 0.2) is 0 Å². The molecule has 0 saturated heterocycles. The lowest BCUT2D eigenvalue weighted by atomic mass is 9.70. The largest absolute Gasteiger partial charge is 0.473 e. The summed E-state index contributed by atoms with van der Waals surface area (Å²) in [6, 6.07) is 19.4. The maximum atomic E-state index is 10.5. The zero-order valence-electron chi connectivity index (χ0n) is 11.2. The molecule has 0 aliphatic carbocycles. The van der Waals surface area contributed by atoms with Crippen LogP contribution in [-0.2, 0) is 0 Å². The van der Waals surface area contributed by atoms with E-state index < -0.39 is 7.05 Å². The molecule has 0 bridgehead atoms. The van der Waals surface area contributed by atoms with Crippen molar-refractivity contribution in [2.24, 2.45) is 5.10 Å². The number of benzene rings is 2.